The minimum atomic E-state index is -4.31. The molecule has 3 nitrogen and oxygen atoms in total. The number of aromatic amines is 1. The average molecular weight is 301 g/mol. The summed E-state index contributed by atoms with van der Waals surface area (Å²) in [6, 6.07) is 5.07. The second kappa shape index (κ2) is 5.40. The Hall–Kier alpha value is -1.63. The highest BCUT2D eigenvalue weighted by Crippen LogP contribution is 2.29. The number of alkyl halides is 3. The van der Waals surface area contributed by atoms with Gasteiger partial charge in [-0.3, -0.25) is 9.67 Å². The van der Waals surface area contributed by atoms with Crippen molar-refractivity contribution in [2.75, 3.05) is 0 Å². The molecule has 0 radical (unpaired) electrons. The lowest BCUT2D eigenvalue weighted by atomic mass is 10.1. The van der Waals surface area contributed by atoms with Crippen molar-refractivity contribution in [3.8, 4) is 0 Å². The highest BCUT2D eigenvalue weighted by Gasteiger charge is 2.29. The van der Waals surface area contributed by atoms with Gasteiger partial charge in [0.2, 0.25) is 0 Å². The summed E-state index contributed by atoms with van der Waals surface area (Å²) in [7, 11) is 0. The molecule has 2 aromatic rings. The number of nitrogens with one attached hydrogen (secondary N) is 1. The van der Waals surface area contributed by atoms with Gasteiger partial charge in [0.05, 0.1) is 12.1 Å². The molecule has 0 fully saturated rings. The quantitative estimate of drug-likeness (QED) is 0.865. The van der Waals surface area contributed by atoms with Gasteiger partial charge in [-0.05, 0) is 29.9 Å². The first-order valence-corrected chi connectivity index (χ1v) is 6.51. The molecule has 1 aromatic heterocycles. The SMILES string of the molecule is CC(C)c1n[nH]c(=S)n1Cc1ccc(C(F)(F)F)cc1. The second-order valence-electron chi connectivity index (χ2n) is 4.82. The van der Waals surface area contributed by atoms with Gasteiger partial charge in [0.25, 0.3) is 0 Å². The average Bonchev–Trinajstić information content (AvgIpc) is 2.71. The van der Waals surface area contributed by atoms with Crippen molar-refractivity contribution >= 4 is 12.2 Å². The second-order valence-corrected chi connectivity index (χ2v) is 5.21. The topological polar surface area (TPSA) is 33.6 Å². The molecular weight excluding hydrogens is 287 g/mol. The van der Waals surface area contributed by atoms with Crippen molar-refractivity contribution in [3.63, 3.8) is 0 Å². The van der Waals surface area contributed by atoms with Gasteiger partial charge in [0, 0.05) is 5.92 Å². The van der Waals surface area contributed by atoms with E-state index in [0.717, 1.165) is 23.5 Å². The van der Waals surface area contributed by atoms with Crippen LogP contribution in [0.3, 0.4) is 0 Å². The zero-order chi connectivity index (χ0) is 14.9. The molecular formula is C13H14F3N3S. The Labute approximate surface area is 119 Å². The predicted octanol–water partition coefficient (Wildman–Crippen LogP) is 4.13. The molecule has 2 rings (SSSR count). The van der Waals surface area contributed by atoms with E-state index < -0.39 is 11.7 Å². The largest absolute Gasteiger partial charge is 0.416 e. The van der Waals surface area contributed by atoms with E-state index in [4.69, 9.17) is 12.2 Å². The minimum Gasteiger partial charge on any atom is -0.299 e. The molecule has 1 N–H and O–H groups in total. The third-order valence-corrected chi connectivity index (χ3v) is 3.24. The molecule has 0 aliphatic rings. The van der Waals surface area contributed by atoms with Crippen LogP contribution in [0.1, 0.15) is 36.7 Å². The van der Waals surface area contributed by atoms with Crippen LogP contribution in [0.5, 0.6) is 0 Å². The number of rotatable bonds is 3. The third kappa shape index (κ3) is 3.09. The molecule has 0 atom stereocenters. The summed E-state index contributed by atoms with van der Waals surface area (Å²) in [5.41, 5.74) is 0.0959. The van der Waals surface area contributed by atoms with Crippen LogP contribution in [0, 0.1) is 4.77 Å². The van der Waals surface area contributed by atoms with Crippen LogP contribution in [0.15, 0.2) is 24.3 Å². The lowest BCUT2D eigenvalue weighted by molar-refractivity contribution is -0.137. The standard InChI is InChI=1S/C13H14F3N3S/c1-8(2)11-17-18-12(20)19(11)7-9-3-5-10(6-4-9)13(14,15)16/h3-6,8H,7H2,1-2H3,(H,18,20). The number of halogens is 3. The number of hydrogen-bond acceptors (Lipinski definition) is 2. The maximum absolute atomic E-state index is 12.5. The molecule has 0 saturated carbocycles. The fourth-order valence-electron chi connectivity index (χ4n) is 1.91. The summed E-state index contributed by atoms with van der Waals surface area (Å²) >= 11 is 5.14. The molecule has 1 heterocycles. The lowest BCUT2D eigenvalue weighted by Gasteiger charge is -2.10. The molecule has 0 unspecified atom stereocenters. The van der Waals surface area contributed by atoms with Crippen molar-refractivity contribution < 1.29 is 13.2 Å². The molecule has 0 aliphatic heterocycles. The van der Waals surface area contributed by atoms with E-state index in [9.17, 15) is 13.2 Å². The molecule has 0 spiro atoms. The van der Waals surface area contributed by atoms with Gasteiger partial charge in [0.1, 0.15) is 5.82 Å². The van der Waals surface area contributed by atoms with E-state index in [2.05, 4.69) is 10.2 Å². The third-order valence-electron chi connectivity index (χ3n) is 2.93. The van der Waals surface area contributed by atoms with Crippen molar-refractivity contribution in [1.82, 2.24) is 14.8 Å². The Balaban J connectivity index is 2.27. The van der Waals surface area contributed by atoms with Gasteiger partial charge in [-0.2, -0.15) is 18.3 Å². The minimum absolute atomic E-state index is 0.178. The number of H-pyrrole nitrogens is 1. The molecule has 108 valence electrons. The Bertz CT molecular complexity index is 638. The zero-order valence-corrected chi connectivity index (χ0v) is 11.8. The van der Waals surface area contributed by atoms with Gasteiger partial charge < -0.3 is 0 Å². The van der Waals surface area contributed by atoms with Gasteiger partial charge >= 0.3 is 6.18 Å². The molecule has 7 heteroatoms. The summed E-state index contributed by atoms with van der Waals surface area (Å²) in [6.45, 7) is 4.36. The first-order valence-electron chi connectivity index (χ1n) is 6.10. The van der Waals surface area contributed by atoms with Crippen molar-refractivity contribution in [1.29, 1.82) is 0 Å². The van der Waals surface area contributed by atoms with E-state index in [1.165, 1.54) is 12.1 Å². The predicted molar refractivity (Wildman–Crippen MR) is 72.0 cm³/mol. The lowest BCUT2D eigenvalue weighted by Crippen LogP contribution is -2.08. The van der Waals surface area contributed by atoms with Crippen LogP contribution in [0.2, 0.25) is 0 Å². The van der Waals surface area contributed by atoms with Crippen LogP contribution in [0.25, 0.3) is 0 Å². The maximum Gasteiger partial charge on any atom is 0.416 e. The molecule has 20 heavy (non-hydrogen) atoms. The van der Waals surface area contributed by atoms with E-state index in [1.807, 2.05) is 13.8 Å². The summed E-state index contributed by atoms with van der Waals surface area (Å²) < 4.78 is 39.7. The number of benzene rings is 1. The smallest absolute Gasteiger partial charge is 0.299 e. The van der Waals surface area contributed by atoms with Crippen LogP contribution in [-0.4, -0.2) is 14.8 Å². The molecule has 0 aliphatic carbocycles. The van der Waals surface area contributed by atoms with Crippen molar-refractivity contribution in [3.05, 3.63) is 46.0 Å². The molecule has 0 bridgehead atoms. The fraction of sp³-hybridized carbons (Fsp3) is 0.385. The van der Waals surface area contributed by atoms with Crippen molar-refractivity contribution in [2.45, 2.75) is 32.5 Å². The monoisotopic (exact) mass is 301 g/mol. The normalized spacial score (nSPS) is 12.1. The Morgan fingerprint density at radius 1 is 1.25 bits per heavy atom. The Morgan fingerprint density at radius 2 is 1.85 bits per heavy atom. The molecule has 0 saturated heterocycles. The van der Waals surface area contributed by atoms with Gasteiger partial charge in [-0.1, -0.05) is 26.0 Å². The summed E-state index contributed by atoms with van der Waals surface area (Å²) in [5.74, 6) is 0.965. The van der Waals surface area contributed by atoms with E-state index in [-0.39, 0.29) is 5.92 Å². The van der Waals surface area contributed by atoms with Crippen molar-refractivity contribution in [2.24, 2.45) is 0 Å². The molecule has 1 aromatic carbocycles. The van der Waals surface area contributed by atoms with Crippen LogP contribution in [0.4, 0.5) is 13.2 Å². The van der Waals surface area contributed by atoms with E-state index >= 15 is 0 Å². The van der Waals surface area contributed by atoms with Crippen LogP contribution in [-0.2, 0) is 12.7 Å². The Kier molecular flexibility index (Phi) is 3.99. The maximum atomic E-state index is 12.5. The first kappa shape index (κ1) is 14.8. The highest BCUT2D eigenvalue weighted by atomic mass is 32.1. The number of aromatic nitrogens is 3. The molecule has 0 amide bonds. The summed E-state index contributed by atoms with van der Waals surface area (Å²) in [4.78, 5) is 0. The first-order chi connectivity index (χ1) is 9.29. The van der Waals surface area contributed by atoms with Gasteiger partial charge in [0.15, 0.2) is 4.77 Å². The summed E-state index contributed by atoms with van der Waals surface area (Å²) in [6.07, 6.45) is -4.31. The number of nitrogens with zero attached hydrogens (tertiary/aromatic N) is 2. The zero-order valence-electron chi connectivity index (χ0n) is 11.0. The van der Waals surface area contributed by atoms with E-state index in [1.54, 1.807) is 4.57 Å². The van der Waals surface area contributed by atoms with Gasteiger partial charge in [-0.25, -0.2) is 0 Å². The highest BCUT2D eigenvalue weighted by molar-refractivity contribution is 7.71. The van der Waals surface area contributed by atoms with E-state index in [0.29, 0.717) is 11.3 Å². The Morgan fingerprint density at radius 3 is 2.35 bits per heavy atom. The van der Waals surface area contributed by atoms with Crippen LogP contribution >= 0.6 is 12.2 Å². The van der Waals surface area contributed by atoms with Gasteiger partial charge in [-0.15, -0.1) is 0 Å². The number of hydrogen-bond donors (Lipinski definition) is 1. The fourth-order valence-corrected chi connectivity index (χ4v) is 2.11. The summed E-state index contributed by atoms with van der Waals surface area (Å²) in [5, 5.41) is 6.84. The van der Waals surface area contributed by atoms with Crippen LogP contribution < -0.4 is 0 Å².